The molecule has 0 fully saturated rings. The van der Waals surface area contributed by atoms with E-state index in [4.69, 9.17) is 25.8 Å². The van der Waals surface area contributed by atoms with Crippen LogP contribution in [0.5, 0.6) is 17.2 Å². The van der Waals surface area contributed by atoms with Crippen molar-refractivity contribution in [3.05, 3.63) is 87.9 Å². The van der Waals surface area contributed by atoms with Gasteiger partial charge in [-0.05, 0) is 67.1 Å². The SMILES string of the molecule is COc1ccc(C(=O)Oc2c(Cl)cc(/C=C(\C#N)C(=O)Nc3ccc(C)cc3)cc2OC)cc1. The summed E-state index contributed by atoms with van der Waals surface area (Å²) in [6.45, 7) is 1.93. The predicted molar refractivity (Wildman–Crippen MR) is 129 cm³/mol. The van der Waals surface area contributed by atoms with Crippen molar-refractivity contribution in [2.24, 2.45) is 0 Å². The predicted octanol–water partition coefficient (Wildman–Crippen LogP) is 5.43. The number of hydrogen-bond acceptors (Lipinski definition) is 6. The van der Waals surface area contributed by atoms with Gasteiger partial charge in [0.25, 0.3) is 5.91 Å². The van der Waals surface area contributed by atoms with Gasteiger partial charge in [0.15, 0.2) is 11.5 Å². The Morgan fingerprint density at radius 3 is 2.26 bits per heavy atom. The Balaban J connectivity index is 1.83. The molecule has 3 rings (SSSR count). The highest BCUT2D eigenvalue weighted by molar-refractivity contribution is 6.32. The lowest BCUT2D eigenvalue weighted by atomic mass is 10.1. The molecule has 0 aromatic heterocycles. The Hall–Kier alpha value is -4.28. The van der Waals surface area contributed by atoms with Crippen LogP contribution in [0.4, 0.5) is 5.69 Å². The lowest BCUT2D eigenvalue weighted by Gasteiger charge is -2.12. The van der Waals surface area contributed by atoms with E-state index in [1.807, 2.05) is 25.1 Å². The Kier molecular flexibility index (Phi) is 7.91. The van der Waals surface area contributed by atoms with E-state index in [1.54, 1.807) is 36.4 Å². The van der Waals surface area contributed by atoms with Crippen LogP contribution in [0.25, 0.3) is 6.08 Å². The maximum absolute atomic E-state index is 12.5. The highest BCUT2D eigenvalue weighted by Crippen LogP contribution is 2.37. The fourth-order valence-corrected chi connectivity index (χ4v) is 3.21. The Morgan fingerprint density at radius 2 is 1.68 bits per heavy atom. The molecule has 34 heavy (non-hydrogen) atoms. The summed E-state index contributed by atoms with van der Waals surface area (Å²) in [5.41, 5.74) is 2.18. The molecule has 0 radical (unpaired) electrons. The molecule has 0 unspecified atom stereocenters. The van der Waals surface area contributed by atoms with Crippen LogP contribution in [-0.4, -0.2) is 26.1 Å². The monoisotopic (exact) mass is 476 g/mol. The van der Waals surface area contributed by atoms with Crippen LogP contribution in [0.1, 0.15) is 21.5 Å². The number of amides is 1. The van der Waals surface area contributed by atoms with Gasteiger partial charge in [0.2, 0.25) is 0 Å². The third kappa shape index (κ3) is 5.94. The van der Waals surface area contributed by atoms with Crippen molar-refractivity contribution in [2.75, 3.05) is 19.5 Å². The van der Waals surface area contributed by atoms with E-state index in [9.17, 15) is 14.9 Å². The van der Waals surface area contributed by atoms with Gasteiger partial charge in [0.1, 0.15) is 17.4 Å². The van der Waals surface area contributed by atoms with Crippen molar-refractivity contribution >= 4 is 35.2 Å². The Labute approximate surface area is 202 Å². The van der Waals surface area contributed by atoms with E-state index in [0.29, 0.717) is 22.6 Å². The first kappa shape index (κ1) is 24.4. The van der Waals surface area contributed by atoms with Gasteiger partial charge in [-0.3, -0.25) is 4.79 Å². The van der Waals surface area contributed by atoms with Gasteiger partial charge in [-0.1, -0.05) is 29.3 Å². The molecule has 8 heteroatoms. The number of nitriles is 1. The maximum Gasteiger partial charge on any atom is 0.343 e. The summed E-state index contributed by atoms with van der Waals surface area (Å²) in [4.78, 5) is 25.1. The van der Waals surface area contributed by atoms with Crippen LogP contribution in [0.15, 0.2) is 66.2 Å². The van der Waals surface area contributed by atoms with Crippen molar-refractivity contribution in [1.82, 2.24) is 0 Å². The number of aryl methyl sites for hydroxylation is 1. The molecule has 0 saturated heterocycles. The number of hydrogen-bond donors (Lipinski definition) is 1. The van der Waals surface area contributed by atoms with Gasteiger partial charge in [-0.25, -0.2) is 4.79 Å². The lowest BCUT2D eigenvalue weighted by molar-refractivity contribution is -0.112. The van der Waals surface area contributed by atoms with Crippen LogP contribution < -0.4 is 19.5 Å². The zero-order chi connectivity index (χ0) is 24.7. The Bertz CT molecular complexity index is 1280. The summed E-state index contributed by atoms with van der Waals surface area (Å²) in [6, 6.07) is 18.4. The van der Waals surface area contributed by atoms with Crippen LogP contribution in [0.3, 0.4) is 0 Å². The van der Waals surface area contributed by atoms with Crippen molar-refractivity contribution < 1.29 is 23.8 Å². The van der Waals surface area contributed by atoms with Crippen molar-refractivity contribution in [3.63, 3.8) is 0 Å². The number of nitrogens with one attached hydrogen (secondary N) is 1. The molecule has 1 N–H and O–H groups in total. The molecule has 3 aromatic rings. The standard InChI is InChI=1S/C26H21ClN2O5/c1-16-4-8-20(9-5-16)29-25(30)19(15-28)12-17-13-22(27)24(23(14-17)33-3)34-26(31)18-6-10-21(32-2)11-7-18/h4-14H,1-3H3,(H,29,30)/b19-12+. The molecule has 0 aliphatic carbocycles. The van der Waals surface area contributed by atoms with E-state index < -0.39 is 11.9 Å². The smallest absolute Gasteiger partial charge is 0.343 e. The third-order valence-corrected chi connectivity index (χ3v) is 5.04. The summed E-state index contributed by atoms with van der Waals surface area (Å²) in [5.74, 6) is -0.428. The third-order valence-electron chi connectivity index (χ3n) is 4.76. The molecular weight excluding hydrogens is 456 g/mol. The number of ether oxygens (including phenoxy) is 3. The summed E-state index contributed by atoms with van der Waals surface area (Å²) in [6.07, 6.45) is 1.37. The highest BCUT2D eigenvalue weighted by atomic mass is 35.5. The second kappa shape index (κ2) is 11.0. The molecule has 3 aromatic carbocycles. The fourth-order valence-electron chi connectivity index (χ4n) is 2.95. The van der Waals surface area contributed by atoms with E-state index in [-0.39, 0.29) is 22.1 Å². The normalized spacial score (nSPS) is 10.7. The van der Waals surface area contributed by atoms with Gasteiger partial charge < -0.3 is 19.5 Å². The lowest BCUT2D eigenvalue weighted by Crippen LogP contribution is -2.13. The maximum atomic E-state index is 12.5. The number of nitrogens with zero attached hydrogens (tertiary/aromatic N) is 1. The van der Waals surface area contributed by atoms with Crippen molar-refractivity contribution in [2.45, 2.75) is 6.92 Å². The Morgan fingerprint density at radius 1 is 1.00 bits per heavy atom. The van der Waals surface area contributed by atoms with Crippen LogP contribution >= 0.6 is 11.6 Å². The summed E-state index contributed by atoms with van der Waals surface area (Å²) in [7, 11) is 2.91. The summed E-state index contributed by atoms with van der Waals surface area (Å²) >= 11 is 6.35. The number of rotatable bonds is 7. The first-order valence-electron chi connectivity index (χ1n) is 10.1. The van der Waals surface area contributed by atoms with Gasteiger partial charge >= 0.3 is 5.97 Å². The zero-order valence-electron chi connectivity index (χ0n) is 18.7. The first-order valence-corrected chi connectivity index (χ1v) is 10.5. The van der Waals surface area contributed by atoms with Crippen LogP contribution in [0, 0.1) is 18.3 Å². The molecule has 0 heterocycles. The van der Waals surface area contributed by atoms with E-state index in [2.05, 4.69) is 5.32 Å². The quantitative estimate of drug-likeness (QED) is 0.211. The second-order valence-corrected chi connectivity index (χ2v) is 7.55. The number of anilines is 1. The number of methoxy groups -OCH3 is 2. The molecule has 7 nitrogen and oxygen atoms in total. The average molecular weight is 477 g/mol. The van der Waals surface area contributed by atoms with E-state index in [0.717, 1.165) is 5.56 Å². The zero-order valence-corrected chi connectivity index (χ0v) is 19.5. The molecular formula is C26H21ClN2O5. The molecule has 0 spiro atoms. The molecule has 1 amide bonds. The topological polar surface area (TPSA) is 97.7 Å². The largest absolute Gasteiger partial charge is 0.497 e. The second-order valence-electron chi connectivity index (χ2n) is 7.14. The van der Waals surface area contributed by atoms with Crippen LogP contribution in [-0.2, 0) is 4.79 Å². The molecule has 0 atom stereocenters. The average Bonchev–Trinajstić information content (AvgIpc) is 2.85. The minimum Gasteiger partial charge on any atom is -0.497 e. The molecule has 0 aliphatic rings. The van der Waals surface area contributed by atoms with E-state index in [1.165, 1.54) is 32.4 Å². The fraction of sp³-hybridized carbons (Fsp3) is 0.115. The molecule has 0 saturated carbocycles. The molecule has 172 valence electrons. The first-order chi connectivity index (χ1) is 16.3. The number of benzene rings is 3. The van der Waals surface area contributed by atoms with E-state index >= 15 is 0 Å². The van der Waals surface area contributed by atoms with Crippen LogP contribution in [0.2, 0.25) is 5.02 Å². The molecule has 0 aliphatic heterocycles. The van der Waals surface area contributed by atoms with Crippen molar-refractivity contribution in [1.29, 1.82) is 5.26 Å². The highest BCUT2D eigenvalue weighted by Gasteiger charge is 2.18. The van der Waals surface area contributed by atoms with Gasteiger partial charge in [0.05, 0.1) is 24.8 Å². The number of esters is 1. The number of carbonyl (C=O) groups excluding carboxylic acids is 2. The summed E-state index contributed by atoms with van der Waals surface area (Å²) < 4.78 is 15.9. The number of carbonyl (C=O) groups is 2. The summed E-state index contributed by atoms with van der Waals surface area (Å²) in [5, 5.41) is 12.2. The minimum absolute atomic E-state index is 0.0183. The van der Waals surface area contributed by atoms with Gasteiger partial charge in [0, 0.05) is 5.69 Å². The van der Waals surface area contributed by atoms with Gasteiger partial charge in [-0.15, -0.1) is 0 Å². The molecule has 0 bridgehead atoms. The number of halogens is 1. The minimum atomic E-state index is -0.638. The van der Waals surface area contributed by atoms with Crippen molar-refractivity contribution in [3.8, 4) is 23.3 Å². The van der Waals surface area contributed by atoms with Gasteiger partial charge in [-0.2, -0.15) is 5.26 Å².